The van der Waals surface area contributed by atoms with Crippen molar-refractivity contribution in [1.82, 2.24) is 0 Å². The van der Waals surface area contributed by atoms with E-state index >= 15 is 4.39 Å². The maximum atomic E-state index is 15.6. The lowest BCUT2D eigenvalue weighted by Crippen LogP contribution is -2.30. The zero-order valence-corrected chi connectivity index (χ0v) is 22.5. The lowest BCUT2D eigenvalue weighted by molar-refractivity contribution is -0.660. The van der Waals surface area contributed by atoms with E-state index in [4.69, 9.17) is 4.42 Å². The average Bonchev–Trinajstić information content (AvgIpc) is 3.28. The molecule has 0 fully saturated rings. The number of halogens is 1. The second-order valence-electron chi connectivity index (χ2n) is 10.6. The number of hydrogen-bond acceptors (Lipinski definition) is 1. The molecular weight excluding hydrogens is 469 g/mol. The first-order chi connectivity index (χ1) is 18.3. The van der Waals surface area contributed by atoms with Gasteiger partial charge in [-0.15, -0.1) is 0 Å². The van der Waals surface area contributed by atoms with E-state index < -0.39 is 0 Å². The van der Waals surface area contributed by atoms with Crippen LogP contribution >= 0.6 is 0 Å². The Bertz CT molecular complexity index is 1830. The highest BCUT2D eigenvalue weighted by atomic mass is 19.1. The van der Waals surface area contributed by atoms with E-state index in [0.29, 0.717) is 17.1 Å². The van der Waals surface area contributed by atoms with Crippen molar-refractivity contribution in [2.45, 2.75) is 33.6 Å². The first-order valence-corrected chi connectivity index (χ1v) is 13.1. The molecule has 2 heterocycles. The molecule has 0 amide bonds. The highest BCUT2D eigenvalue weighted by Gasteiger charge is 2.23. The largest absolute Gasteiger partial charge is 0.454 e. The molecule has 38 heavy (non-hydrogen) atoms. The number of aromatic nitrogens is 1. The van der Waals surface area contributed by atoms with Crippen LogP contribution in [0.15, 0.2) is 95.5 Å². The molecule has 0 bridgehead atoms. The van der Waals surface area contributed by atoms with Crippen LogP contribution in [0.5, 0.6) is 0 Å². The molecule has 188 valence electrons. The Hall–Kier alpha value is -4.24. The molecule has 0 aliphatic heterocycles. The van der Waals surface area contributed by atoms with E-state index in [1.54, 1.807) is 6.07 Å². The summed E-state index contributed by atoms with van der Waals surface area (Å²) in [6.07, 6.45) is 2.07. The molecule has 0 aliphatic carbocycles. The Morgan fingerprint density at radius 2 is 1.39 bits per heavy atom. The summed E-state index contributed by atoms with van der Waals surface area (Å²) in [4.78, 5) is 0. The van der Waals surface area contributed by atoms with E-state index in [-0.39, 0.29) is 5.82 Å². The molecule has 0 unspecified atom stereocenters. The number of hydrogen-bond donors (Lipinski definition) is 0. The van der Waals surface area contributed by atoms with Crippen LogP contribution in [-0.4, -0.2) is 0 Å². The maximum Gasteiger partial charge on any atom is 0.216 e. The van der Waals surface area contributed by atoms with Gasteiger partial charge >= 0.3 is 0 Å². The smallest absolute Gasteiger partial charge is 0.216 e. The number of aryl methyl sites for hydroxylation is 3. The van der Waals surface area contributed by atoms with Crippen LogP contribution in [0.1, 0.15) is 36.5 Å². The molecule has 0 aliphatic rings. The van der Waals surface area contributed by atoms with Gasteiger partial charge in [0.05, 0.1) is 11.1 Å². The normalized spacial score (nSPS) is 11.7. The molecule has 0 N–H and O–H groups in total. The topological polar surface area (TPSA) is 17.0 Å². The molecule has 2 aromatic heterocycles. The average molecular weight is 501 g/mol. The van der Waals surface area contributed by atoms with Gasteiger partial charge in [0.2, 0.25) is 5.69 Å². The van der Waals surface area contributed by atoms with Gasteiger partial charge < -0.3 is 4.42 Å². The first-order valence-electron chi connectivity index (χ1n) is 13.1. The van der Waals surface area contributed by atoms with Gasteiger partial charge in [-0.05, 0) is 71.3 Å². The van der Waals surface area contributed by atoms with Gasteiger partial charge in [0.1, 0.15) is 24.0 Å². The summed E-state index contributed by atoms with van der Waals surface area (Å²) in [6, 6.07) is 28.6. The fourth-order valence-corrected chi connectivity index (χ4v) is 5.40. The van der Waals surface area contributed by atoms with E-state index in [1.165, 1.54) is 11.1 Å². The molecule has 3 heteroatoms. The second kappa shape index (κ2) is 9.25. The van der Waals surface area contributed by atoms with Crippen molar-refractivity contribution in [3.8, 4) is 33.5 Å². The number of fused-ring (bicyclic) bond motifs is 3. The number of rotatable bonds is 4. The Kier molecular flexibility index (Phi) is 5.87. The zero-order valence-electron chi connectivity index (χ0n) is 22.5. The Balaban J connectivity index is 1.57. The molecule has 0 spiro atoms. The molecule has 0 radical (unpaired) electrons. The Labute approximate surface area is 223 Å². The van der Waals surface area contributed by atoms with Gasteiger partial charge in [-0.3, -0.25) is 0 Å². The van der Waals surface area contributed by atoms with E-state index in [1.807, 2.05) is 25.2 Å². The standard InChI is InChI=1S/C35H31FNO/c1-21(2)24-10-12-25(13-11-24)26-7-6-8-27(20-26)33-30(36)16-15-29-28-14-9-23(4)32(34(28)38-35(29)33)31-19-22(3)17-18-37(31)5/h6-21H,1-5H3/q+1. The van der Waals surface area contributed by atoms with Crippen molar-refractivity contribution < 1.29 is 13.4 Å². The molecule has 6 rings (SSSR count). The third-order valence-corrected chi connectivity index (χ3v) is 7.59. The summed E-state index contributed by atoms with van der Waals surface area (Å²) >= 11 is 0. The maximum absolute atomic E-state index is 15.6. The zero-order chi connectivity index (χ0) is 26.6. The monoisotopic (exact) mass is 500 g/mol. The Morgan fingerprint density at radius 3 is 2.13 bits per heavy atom. The molecular formula is C35H31FNO+. The van der Waals surface area contributed by atoms with Crippen molar-refractivity contribution >= 4 is 21.9 Å². The first kappa shape index (κ1) is 24.1. The Morgan fingerprint density at radius 1 is 0.711 bits per heavy atom. The van der Waals surface area contributed by atoms with Crippen LogP contribution in [0, 0.1) is 19.7 Å². The van der Waals surface area contributed by atoms with Crippen molar-refractivity contribution in [2.24, 2.45) is 7.05 Å². The van der Waals surface area contributed by atoms with Crippen LogP contribution in [-0.2, 0) is 7.05 Å². The summed E-state index contributed by atoms with van der Waals surface area (Å²) in [5.41, 5.74) is 10.5. The summed E-state index contributed by atoms with van der Waals surface area (Å²) < 4.78 is 24.3. The fourth-order valence-electron chi connectivity index (χ4n) is 5.40. The summed E-state index contributed by atoms with van der Waals surface area (Å²) in [5, 5.41) is 1.91. The van der Waals surface area contributed by atoms with Gasteiger partial charge in [0.15, 0.2) is 6.20 Å². The third kappa shape index (κ3) is 3.99. The van der Waals surface area contributed by atoms with E-state index in [0.717, 1.165) is 49.9 Å². The van der Waals surface area contributed by atoms with Crippen LogP contribution in [0.4, 0.5) is 4.39 Å². The van der Waals surface area contributed by atoms with Crippen molar-refractivity contribution in [3.05, 3.63) is 114 Å². The van der Waals surface area contributed by atoms with Crippen molar-refractivity contribution in [2.75, 3.05) is 0 Å². The predicted molar refractivity (Wildman–Crippen MR) is 155 cm³/mol. The van der Waals surface area contributed by atoms with Gasteiger partial charge in [-0.25, -0.2) is 8.96 Å². The van der Waals surface area contributed by atoms with Crippen molar-refractivity contribution in [1.29, 1.82) is 0 Å². The summed E-state index contributed by atoms with van der Waals surface area (Å²) in [7, 11) is 2.04. The fraction of sp³-hybridized carbons (Fsp3) is 0.171. The third-order valence-electron chi connectivity index (χ3n) is 7.59. The van der Waals surface area contributed by atoms with Gasteiger partial charge in [-0.2, -0.15) is 0 Å². The molecule has 0 saturated heterocycles. The van der Waals surface area contributed by atoms with E-state index in [9.17, 15) is 0 Å². The predicted octanol–water partition coefficient (Wildman–Crippen LogP) is 9.29. The van der Waals surface area contributed by atoms with Crippen LogP contribution in [0.25, 0.3) is 55.4 Å². The lowest BCUT2D eigenvalue weighted by atomic mass is 9.95. The SMILES string of the molecule is Cc1cc[n+](C)c(-c2c(C)ccc3c2oc2c(-c4cccc(-c5ccc(C(C)C)cc5)c4)c(F)ccc23)c1. The molecule has 2 nitrogen and oxygen atoms in total. The minimum absolute atomic E-state index is 0.289. The molecule has 0 saturated carbocycles. The van der Waals surface area contributed by atoms with E-state index in [2.05, 4.69) is 99.1 Å². The quantitative estimate of drug-likeness (QED) is 0.220. The summed E-state index contributed by atoms with van der Waals surface area (Å²) in [5.74, 6) is 0.189. The number of furan rings is 1. The minimum Gasteiger partial charge on any atom is -0.454 e. The van der Waals surface area contributed by atoms with Gasteiger partial charge in [0.25, 0.3) is 0 Å². The van der Waals surface area contributed by atoms with Gasteiger partial charge in [0, 0.05) is 22.9 Å². The van der Waals surface area contributed by atoms with Gasteiger partial charge in [-0.1, -0.05) is 68.4 Å². The molecule has 4 aromatic carbocycles. The highest BCUT2D eigenvalue weighted by Crippen LogP contribution is 2.42. The molecule has 6 aromatic rings. The number of nitrogens with zero attached hydrogens (tertiary/aromatic N) is 1. The van der Waals surface area contributed by atoms with Crippen LogP contribution in [0.2, 0.25) is 0 Å². The highest BCUT2D eigenvalue weighted by molar-refractivity contribution is 6.13. The number of benzene rings is 4. The number of pyridine rings is 1. The lowest BCUT2D eigenvalue weighted by Gasteiger charge is -2.10. The van der Waals surface area contributed by atoms with Crippen LogP contribution < -0.4 is 4.57 Å². The summed E-state index contributed by atoms with van der Waals surface area (Å²) in [6.45, 7) is 8.57. The van der Waals surface area contributed by atoms with Crippen molar-refractivity contribution in [3.63, 3.8) is 0 Å². The van der Waals surface area contributed by atoms with Crippen LogP contribution in [0.3, 0.4) is 0 Å². The second-order valence-corrected chi connectivity index (χ2v) is 10.6. The molecule has 0 atom stereocenters. The minimum atomic E-state index is -0.289.